The van der Waals surface area contributed by atoms with Crippen molar-refractivity contribution < 1.29 is 4.52 Å². The molecule has 0 aromatic carbocycles. The van der Waals surface area contributed by atoms with E-state index in [4.69, 9.17) is 4.52 Å². The largest absolute Gasteiger partial charge is 0.359 e. The third-order valence-electron chi connectivity index (χ3n) is 4.24. The van der Waals surface area contributed by atoms with Crippen LogP contribution in [0.2, 0.25) is 0 Å². The summed E-state index contributed by atoms with van der Waals surface area (Å²) in [6.45, 7) is 9.25. The van der Waals surface area contributed by atoms with Gasteiger partial charge in [0.05, 0.1) is 12.2 Å². The molecule has 2 heterocycles. The standard InChI is InChI=1S/C17H31N5O.HI/c1-14(2)16-12-15(23-21-16)13-20-17(18-3)19-8-11-22-9-6-4-5-7-10-22;/h12,14H,4-11,13H2,1-3H3,(H2,18,19,20);1H. The Labute approximate surface area is 162 Å². The van der Waals surface area contributed by atoms with E-state index in [9.17, 15) is 0 Å². The smallest absolute Gasteiger partial charge is 0.191 e. The van der Waals surface area contributed by atoms with E-state index in [1.165, 1.54) is 38.8 Å². The highest BCUT2D eigenvalue weighted by molar-refractivity contribution is 14.0. The molecule has 0 aliphatic carbocycles. The molecule has 7 heteroatoms. The molecule has 0 spiro atoms. The second kappa shape index (κ2) is 11.7. The number of halogens is 1. The van der Waals surface area contributed by atoms with Crippen LogP contribution >= 0.6 is 24.0 Å². The Morgan fingerprint density at radius 2 is 1.96 bits per heavy atom. The number of aliphatic imine (C=N–C) groups is 1. The van der Waals surface area contributed by atoms with E-state index in [-0.39, 0.29) is 24.0 Å². The van der Waals surface area contributed by atoms with E-state index in [2.05, 4.69) is 39.5 Å². The molecule has 0 saturated carbocycles. The number of hydrogen-bond donors (Lipinski definition) is 2. The summed E-state index contributed by atoms with van der Waals surface area (Å²) >= 11 is 0. The van der Waals surface area contributed by atoms with Crippen molar-refractivity contribution in [3.63, 3.8) is 0 Å². The summed E-state index contributed by atoms with van der Waals surface area (Å²) in [5.74, 6) is 2.03. The van der Waals surface area contributed by atoms with E-state index >= 15 is 0 Å². The molecule has 2 rings (SSSR count). The summed E-state index contributed by atoms with van der Waals surface area (Å²) in [6.07, 6.45) is 5.42. The summed E-state index contributed by atoms with van der Waals surface area (Å²) in [5.41, 5.74) is 0.992. The lowest BCUT2D eigenvalue weighted by molar-refractivity contribution is 0.289. The minimum absolute atomic E-state index is 0. The van der Waals surface area contributed by atoms with Crippen LogP contribution in [0.3, 0.4) is 0 Å². The van der Waals surface area contributed by atoms with Gasteiger partial charge in [-0.3, -0.25) is 4.99 Å². The highest BCUT2D eigenvalue weighted by Gasteiger charge is 2.10. The zero-order valence-electron chi connectivity index (χ0n) is 15.2. The Balaban J connectivity index is 0.00000288. The Morgan fingerprint density at radius 3 is 2.54 bits per heavy atom. The number of rotatable bonds is 6. The van der Waals surface area contributed by atoms with Crippen molar-refractivity contribution >= 4 is 29.9 Å². The summed E-state index contributed by atoms with van der Waals surface area (Å²) in [4.78, 5) is 6.80. The molecular formula is C17H32IN5O. The van der Waals surface area contributed by atoms with Crippen LogP contribution in [0, 0.1) is 0 Å². The molecule has 1 aromatic heterocycles. The fraction of sp³-hybridized carbons (Fsp3) is 0.765. The van der Waals surface area contributed by atoms with Crippen molar-refractivity contribution in [1.82, 2.24) is 20.7 Å². The van der Waals surface area contributed by atoms with Crippen LogP contribution in [0.25, 0.3) is 0 Å². The Kier molecular flexibility index (Phi) is 10.3. The molecule has 1 aliphatic rings. The van der Waals surface area contributed by atoms with Gasteiger partial charge in [-0.25, -0.2) is 0 Å². The average Bonchev–Trinajstić information content (AvgIpc) is 2.87. The highest BCUT2D eigenvalue weighted by Crippen LogP contribution is 2.13. The number of aromatic nitrogens is 1. The van der Waals surface area contributed by atoms with Gasteiger partial charge in [0.2, 0.25) is 0 Å². The first kappa shape index (κ1) is 21.2. The second-order valence-electron chi connectivity index (χ2n) is 6.48. The zero-order valence-corrected chi connectivity index (χ0v) is 17.5. The van der Waals surface area contributed by atoms with Gasteiger partial charge in [-0.2, -0.15) is 0 Å². The molecule has 0 amide bonds. The lowest BCUT2D eigenvalue weighted by Crippen LogP contribution is -2.41. The van der Waals surface area contributed by atoms with Crippen molar-refractivity contribution in [2.75, 3.05) is 33.2 Å². The number of likely N-dealkylation sites (tertiary alicyclic amines) is 1. The van der Waals surface area contributed by atoms with E-state index < -0.39 is 0 Å². The van der Waals surface area contributed by atoms with Gasteiger partial charge in [-0.1, -0.05) is 31.8 Å². The summed E-state index contributed by atoms with van der Waals surface area (Å²) < 4.78 is 5.33. The summed E-state index contributed by atoms with van der Waals surface area (Å²) in [5, 5.41) is 10.7. The Morgan fingerprint density at radius 1 is 1.25 bits per heavy atom. The molecule has 0 unspecified atom stereocenters. The van der Waals surface area contributed by atoms with Gasteiger partial charge in [0.15, 0.2) is 11.7 Å². The van der Waals surface area contributed by atoms with E-state index in [0.29, 0.717) is 12.5 Å². The van der Waals surface area contributed by atoms with E-state index in [1.807, 2.05) is 6.07 Å². The minimum Gasteiger partial charge on any atom is -0.359 e. The van der Waals surface area contributed by atoms with Crippen LogP contribution in [0.5, 0.6) is 0 Å². The lowest BCUT2D eigenvalue weighted by atomic mass is 10.1. The van der Waals surface area contributed by atoms with Crippen molar-refractivity contribution in [2.45, 2.75) is 52.0 Å². The van der Waals surface area contributed by atoms with Gasteiger partial charge in [0.25, 0.3) is 0 Å². The Bertz CT molecular complexity index is 481. The number of guanidine groups is 1. The second-order valence-corrected chi connectivity index (χ2v) is 6.48. The fourth-order valence-electron chi connectivity index (χ4n) is 2.77. The fourth-order valence-corrected chi connectivity index (χ4v) is 2.77. The predicted octanol–water partition coefficient (Wildman–Crippen LogP) is 2.96. The number of nitrogens with zero attached hydrogens (tertiary/aromatic N) is 3. The van der Waals surface area contributed by atoms with Crippen LogP contribution in [0.1, 0.15) is 56.9 Å². The molecule has 1 aliphatic heterocycles. The number of nitrogens with one attached hydrogen (secondary N) is 2. The number of hydrogen-bond acceptors (Lipinski definition) is 4. The highest BCUT2D eigenvalue weighted by atomic mass is 127. The lowest BCUT2D eigenvalue weighted by Gasteiger charge is -2.20. The van der Waals surface area contributed by atoms with Gasteiger partial charge in [-0.15, -0.1) is 24.0 Å². The molecule has 1 aromatic rings. The van der Waals surface area contributed by atoms with Gasteiger partial charge in [0.1, 0.15) is 0 Å². The monoisotopic (exact) mass is 449 g/mol. The molecule has 138 valence electrons. The normalized spacial score (nSPS) is 16.6. The molecule has 1 saturated heterocycles. The quantitative estimate of drug-likeness (QED) is 0.397. The van der Waals surface area contributed by atoms with Gasteiger partial charge >= 0.3 is 0 Å². The molecule has 6 nitrogen and oxygen atoms in total. The van der Waals surface area contributed by atoms with Crippen LogP contribution in [0.4, 0.5) is 0 Å². The van der Waals surface area contributed by atoms with Crippen LogP contribution < -0.4 is 10.6 Å². The average molecular weight is 449 g/mol. The third kappa shape index (κ3) is 7.38. The van der Waals surface area contributed by atoms with E-state index in [0.717, 1.165) is 30.5 Å². The van der Waals surface area contributed by atoms with Crippen LogP contribution in [-0.4, -0.2) is 49.2 Å². The molecule has 2 N–H and O–H groups in total. The van der Waals surface area contributed by atoms with E-state index in [1.54, 1.807) is 7.05 Å². The summed E-state index contributed by atoms with van der Waals surface area (Å²) in [6, 6.07) is 2.00. The molecule has 0 bridgehead atoms. The van der Waals surface area contributed by atoms with Crippen molar-refractivity contribution in [1.29, 1.82) is 0 Å². The summed E-state index contributed by atoms with van der Waals surface area (Å²) in [7, 11) is 1.79. The van der Waals surface area contributed by atoms with Crippen molar-refractivity contribution in [2.24, 2.45) is 4.99 Å². The molecule has 0 atom stereocenters. The van der Waals surface area contributed by atoms with Crippen molar-refractivity contribution in [3.8, 4) is 0 Å². The van der Waals surface area contributed by atoms with Gasteiger partial charge in [0, 0.05) is 26.2 Å². The topological polar surface area (TPSA) is 65.7 Å². The predicted molar refractivity (Wildman–Crippen MR) is 109 cm³/mol. The first-order valence-corrected chi connectivity index (χ1v) is 8.81. The van der Waals surface area contributed by atoms with Crippen molar-refractivity contribution in [3.05, 3.63) is 17.5 Å². The van der Waals surface area contributed by atoms with Gasteiger partial charge < -0.3 is 20.1 Å². The minimum atomic E-state index is 0. The van der Waals surface area contributed by atoms with Gasteiger partial charge in [-0.05, 0) is 31.8 Å². The maximum absolute atomic E-state index is 5.33. The van der Waals surface area contributed by atoms with Crippen LogP contribution in [-0.2, 0) is 6.54 Å². The molecule has 24 heavy (non-hydrogen) atoms. The van der Waals surface area contributed by atoms with Crippen LogP contribution in [0.15, 0.2) is 15.6 Å². The molecule has 0 radical (unpaired) electrons. The molecule has 1 fully saturated rings. The first-order chi connectivity index (χ1) is 11.2. The maximum Gasteiger partial charge on any atom is 0.191 e. The molecular weight excluding hydrogens is 417 g/mol. The maximum atomic E-state index is 5.33. The Hall–Kier alpha value is -0.830. The third-order valence-corrected chi connectivity index (χ3v) is 4.24. The first-order valence-electron chi connectivity index (χ1n) is 8.81. The SMILES string of the molecule is CN=C(NCCN1CCCCCC1)NCc1cc(C(C)C)no1.I. The zero-order chi connectivity index (χ0) is 16.5.